The third-order valence-electron chi connectivity index (χ3n) is 9.18. The maximum Gasteiger partial charge on any atom is 0.161 e. The average Bonchev–Trinajstić information content (AvgIpc) is 3.68. The van der Waals surface area contributed by atoms with Gasteiger partial charge in [-0.05, 0) is 41.1 Å². The first-order valence-corrected chi connectivity index (χ1v) is 16.3. The van der Waals surface area contributed by atoms with Crippen molar-refractivity contribution in [3.63, 3.8) is 0 Å². The first-order chi connectivity index (χ1) is 22.8. The molecule has 0 radical (unpaired) electrons. The fourth-order valence-electron chi connectivity index (χ4n) is 7.17. The van der Waals surface area contributed by atoms with Crippen molar-refractivity contribution in [3.8, 4) is 28.3 Å². The molecule has 0 N–H and O–H groups in total. The molecule has 3 nitrogen and oxygen atoms in total. The highest BCUT2D eigenvalue weighted by Gasteiger charge is 2.21. The monoisotopic (exact) mass is 603 g/mol. The number of rotatable bonds is 3. The van der Waals surface area contributed by atoms with E-state index in [0.29, 0.717) is 0 Å². The quantitative estimate of drug-likeness (QED) is 0.201. The Morgan fingerprint density at radius 2 is 1.11 bits per heavy atom. The van der Waals surface area contributed by atoms with Gasteiger partial charge < -0.3 is 4.57 Å². The number of aromatic nitrogens is 3. The standard InChI is InChI=1S/C42H25N3S/c1-2-13-26(14-3-1)39-31-19-6-9-21-34(31)43-42(44-39)33-25-27-15-4-5-16-28(27)38-32-20-12-24-37(40(32)46-41(33)38)45-35-22-10-7-17-29(35)30-18-8-11-23-36(30)45/h1-25H. The van der Waals surface area contributed by atoms with E-state index in [-0.39, 0.29) is 0 Å². The molecule has 0 aliphatic heterocycles. The number of benzene rings is 7. The molecule has 4 heteroatoms. The summed E-state index contributed by atoms with van der Waals surface area (Å²) in [5.74, 6) is 0.748. The van der Waals surface area contributed by atoms with Crippen LogP contribution in [0.1, 0.15) is 0 Å². The Balaban J connectivity index is 1.34. The van der Waals surface area contributed by atoms with Crippen LogP contribution in [0.3, 0.4) is 0 Å². The van der Waals surface area contributed by atoms with Crippen LogP contribution < -0.4 is 0 Å². The molecule has 0 fully saturated rings. The zero-order chi connectivity index (χ0) is 30.2. The van der Waals surface area contributed by atoms with Crippen molar-refractivity contribution >= 4 is 75.0 Å². The lowest BCUT2D eigenvalue weighted by Gasteiger charge is -2.11. The van der Waals surface area contributed by atoms with Crippen LogP contribution in [0.2, 0.25) is 0 Å². The van der Waals surface area contributed by atoms with E-state index < -0.39 is 0 Å². The van der Waals surface area contributed by atoms with Crippen molar-refractivity contribution in [1.82, 2.24) is 14.5 Å². The normalized spacial score (nSPS) is 11.9. The molecular weight excluding hydrogens is 579 g/mol. The fraction of sp³-hybridized carbons (Fsp3) is 0. The molecule has 214 valence electrons. The van der Waals surface area contributed by atoms with Gasteiger partial charge in [-0.2, -0.15) is 0 Å². The van der Waals surface area contributed by atoms with Crippen LogP contribution in [0.15, 0.2) is 152 Å². The Morgan fingerprint density at radius 1 is 0.478 bits per heavy atom. The van der Waals surface area contributed by atoms with E-state index in [9.17, 15) is 0 Å². The van der Waals surface area contributed by atoms with Gasteiger partial charge in [0.05, 0.1) is 32.6 Å². The van der Waals surface area contributed by atoms with Crippen molar-refractivity contribution in [3.05, 3.63) is 152 Å². The van der Waals surface area contributed by atoms with Gasteiger partial charge in [0.15, 0.2) is 5.82 Å². The van der Waals surface area contributed by atoms with Gasteiger partial charge in [0.2, 0.25) is 0 Å². The summed E-state index contributed by atoms with van der Waals surface area (Å²) in [6.45, 7) is 0. The van der Waals surface area contributed by atoms with Crippen LogP contribution >= 0.6 is 11.3 Å². The minimum atomic E-state index is 0.748. The van der Waals surface area contributed by atoms with E-state index in [2.05, 4.69) is 150 Å². The molecule has 0 amide bonds. The average molecular weight is 604 g/mol. The lowest BCUT2D eigenvalue weighted by atomic mass is 9.99. The van der Waals surface area contributed by atoms with Crippen LogP contribution in [-0.4, -0.2) is 14.5 Å². The minimum absolute atomic E-state index is 0.748. The van der Waals surface area contributed by atoms with Crippen LogP contribution in [0.5, 0.6) is 0 Å². The summed E-state index contributed by atoms with van der Waals surface area (Å²) in [4.78, 5) is 10.5. The molecule has 0 atom stereocenters. The Kier molecular flexibility index (Phi) is 5.45. The summed E-state index contributed by atoms with van der Waals surface area (Å²) in [6.07, 6.45) is 0. The minimum Gasteiger partial charge on any atom is -0.308 e. The predicted molar refractivity (Wildman–Crippen MR) is 195 cm³/mol. The Bertz CT molecular complexity index is 2760. The summed E-state index contributed by atoms with van der Waals surface area (Å²) in [5, 5.41) is 8.52. The number of fused-ring (bicyclic) bond motifs is 9. The first kappa shape index (κ1) is 25.5. The molecule has 7 aromatic carbocycles. The maximum atomic E-state index is 5.31. The lowest BCUT2D eigenvalue weighted by Crippen LogP contribution is -1.95. The van der Waals surface area contributed by atoms with Crippen molar-refractivity contribution in [2.75, 3.05) is 0 Å². The molecule has 0 unspecified atom stereocenters. The van der Waals surface area contributed by atoms with Crippen LogP contribution in [0, 0.1) is 0 Å². The topological polar surface area (TPSA) is 30.7 Å². The Morgan fingerprint density at radius 3 is 1.89 bits per heavy atom. The third-order valence-corrected chi connectivity index (χ3v) is 10.4. The van der Waals surface area contributed by atoms with E-state index in [0.717, 1.165) is 33.5 Å². The van der Waals surface area contributed by atoms with E-state index in [1.54, 1.807) is 0 Å². The largest absolute Gasteiger partial charge is 0.308 e. The molecule has 0 bridgehead atoms. The van der Waals surface area contributed by atoms with Crippen molar-refractivity contribution in [2.24, 2.45) is 0 Å². The highest BCUT2D eigenvalue weighted by Crippen LogP contribution is 2.47. The van der Waals surface area contributed by atoms with Gasteiger partial charge in [-0.25, -0.2) is 9.97 Å². The summed E-state index contributed by atoms with van der Waals surface area (Å²) in [5.41, 5.74) is 7.66. The van der Waals surface area contributed by atoms with Gasteiger partial charge in [-0.1, -0.05) is 121 Å². The molecule has 0 aliphatic carbocycles. The summed E-state index contributed by atoms with van der Waals surface area (Å²) in [7, 11) is 0. The smallest absolute Gasteiger partial charge is 0.161 e. The second-order valence-electron chi connectivity index (χ2n) is 11.8. The molecule has 0 saturated carbocycles. The van der Waals surface area contributed by atoms with E-state index >= 15 is 0 Å². The van der Waals surface area contributed by atoms with Crippen LogP contribution in [0.25, 0.3) is 92.0 Å². The SMILES string of the molecule is c1ccc(-c2nc(-c3cc4ccccc4c4c3sc3c(-n5c6ccccc6c6ccccc65)cccc34)nc3ccccc23)cc1. The van der Waals surface area contributed by atoms with E-state index in [1.165, 1.54) is 58.4 Å². The summed E-state index contributed by atoms with van der Waals surface area (Å²) in [6, 6.07) is 54.0. The highest BCUT2D eigenvalue weighted by molar-refractivity contribution is 7.27. The molecule has 10 rings (SSSR count). The molecule has 0 saturated heterocycles. The molecular formula is C42H25N3S. The van der Waals surface area contributed by atoms with Gasteiger partial charge in [0.25, 0.3) is 0 Å². The van der Waals surface area contributed by atoms with Crippen LogP contribution in [-0.2, 0) is 0 Å². The lowest BCUT2D eigenvalue weighted by molar-refractivity contribution is 1.20. The van der Waals surface area contributed by atoms with Crippen LogP contribution in [0.4, 0.5) is 0 Å². The number of para-hydroxylation sites is 3. The van der Waals surface area contributed by atoms with Gasteiger partial charge in [-0.3, -0.25) is 0 Å². The zero-order valence-corrected chi connectivity index (χ0v) is 25.5. The van der Waals surface area contributed by atoms with E-state index in [1.807, 2.05) is 17.4 Å². The number of hydrogen-bond donors (Lipinski definition) is 0. The molecule has 0 aliphatic rings. The number of hydrogen-bond acceptors (Lipinski definition) is 3. The molecule has 46 heavy (non-hydrogen) atoms. The summed E-state index contributed by atoms with van der Waals surface area (Å²) >= 11 is 1.85. The number of thiophene rings is 1. The van der Waals surface area contributed by atoms with Crippen molar-refractivity contribution < 1.29 is 0 Å². The summed E-state index contributed by atoms with van der Waals surface area (Å²) < 4.78 is 4.89. The molecule has 0 spiro atoms. The second-order valence-corrected chi connectivity index (χ2v) is 12.8. The van der Waals surface area contributed by atoms with Crippen molar-refractivity contribution in [2.45, 2.75) is 0 Å². The zero-order valence-electron chi connectivity index (χ0n) is 24.7. The predicted octanol–water partition coefficient (Wildman–Crippen LogP) is 11.6. The van der Waals surface area contributed by atoms with E-state index in [4.69, 9.17) is 9.97 Å². The Labute approximate surface area is 268 Å². The molecule has 3 heterocycles. The van der Waals surface area contributed by atoms with Gasteiger partial charge in [0, 0.05) is 42.8 Å². The molecule has 3 aromatic heterocycles. The highest BCUT2D eigenvalue weighted by atomic mass is 32.1. The third kappa shape index (κ3) is 3.65. The molecule has 10 aromatic rings. The fourth-order valence-corrected chi connectivity index (χ4v) is 8.50. The van der Waals surface area contributed by atoms with Gasteiger partial charge in [-0.15, -0.1) is 11.3 Å². The number of nitrogens with zero attached hydrogens (tertiary/aromatic N) is 3. The van der Waals surface area contributed by atoms with Gasteiger partial charge >= 0.3 is 0 Å². The van der Waals surface area contributed by atoms with Crippen molar-refractivity contribution in [1.29, 1.82) is 0 Å². The van der Waals surface area contributed by atoms with Gasteiger partial charge in [0.1, 0.15) is 0 Å². The Hall–Kier alpha value is -5.84. The maximum absolute atomic E-state index is 5.31. The first-order valence-electron chi connectivity index (χ1n) is 15.5. The second kappa shape index (κ2) is 9.83.